The Morgan fingerprint density at radius 3 is 2.50 bits per heavy atom. The molecule has 4 heterocycles. The topological polar surface area (TPSA) is 101 Å². The monoisotopic (exact) mass is 563 g/mol. The number of ether oxygens (including phenoxy) is 1. The number of nitriles is 2. The lowest BCUT2D eigenvalue weighted by Crippen LogP contribution is -2.51. The molecule has 1 N–H and O–H groups in total. The molecule has 0 bridgehead atoms. The van der Waals surface area contributed by atoms with Crippen LogP contribution < -0.4 is 15.0 Å². The van der Waals surface area contributed by atoms with Gasteiger partial charge in [-0.15, -0.1) is 0 Å². The Labute approximate surface area is 250 Å². The van der Waals surface area contributed by atoms with Crippen molar-refractivity contribution in [1.82, 2.24) is 20.2 Å². The van der Waals surface area contributed by atoms with Crippen molar-refractivity contribution in [2.75, 3.05) is 31.1 Å². The molecule has 3 aromatic rings. The van der Waals surface area contributed by atoms with E-state index in [1.807, 2.05) is 13.0 Å². The SMILES string of the molecule is Cc1ccnc(C(C)C)c1Oc1nc(N2CCN[C@H](CC#N)C2)c2c(c1C#N)CN(C(C)c1c(C)cccc1C)CC2. The second-order valence-electron chi connectivity index (χ2n) is 11.9. The van der Waals surface area contributed by atoms with Crippen molar-refractivity contribution in [1.29, 1.82) is 10.5 Å². The summed E-state index contributed by atoms with van der Waals surface area (Å²) in [6, 6.07) is 13.5. The fourth-order valence-corrected chi connectivity index (χ4v) is 6.53. The third kappa shape index (κ3) is 5.70. The molecule has 5 rings (SSSR count). The molecule has 2 aliphatic rings. The number of nitrogens with one attached hydrogen (secondary N) is 1. The van der Waals surface area contributed by atoms with Gasteiger partial charge in [0.2, 0.25) is 5.88 Å². The molecule has 1 saturated heterocycles. The van der Waals surface area contributed by atoms with Crippen LogP contribution in [0.1, 0.15) is 83.8 Å². The van der Waals surface area contributed by atoms with Crippen LogP contribution in [-0.4, -0.2) is 47.1 Å². The Morgan fingerprint density at radius 1 is 1.05 bits per heavy atom. The van der Waals surface area contributed by atoms with E-state index in [-0.39, 0.29) is 18.0 Å². The maximum Gasteiger partial charge on any atom is 0.239 e. The second kappa shape index (κ2) is 12.5. The molecular weight excluding hydrogens is 522 g/mol. The van der Waals surface area contributed by atoms with Crippen molar-refractivity contribution < 1.29 is 4.74 Å². The maximum atomic E-state index is 10.6. The van der Waals surface area contributed by atoms with Gasteiger partial charge in [0.25, 0.3) is 0 Å². The van der Waals surface area contributed by atoms with Crippen LogP contribution in [0.5, 0.6) is 11.6 Å². The molecule has 1 aromatic carbocycles. The smallest absolute Gasteiger partial charge is 0.239 e. The average molecular weight is 564 g/mol. The number of aromatic nitrogens is 2. The fraction of sp³-hybridized carbons (Fsp3) is 0.471. The van der Waals surface area contributed by atoms with Gasteiger partial charge in [-0.05, 0) is 73.9 Å². The first-order valence-corrected chi connectivity index (χ1v) is 15.0. The summed E-state index contributed by atoms with van der Waals surface area (Å²) >= 11 is 0. The van der Waals surface area contributed by atoms with Gasteiger partial charge in [0.05, 0.1) is 18.2 Å². The van der Waals surface area contributed by atoms with Gasteiger partial charge >= 0.3 is 0 Å². The van der Waals surface area contributed by atoms with E-state index in [1.54, 1.807) is 6.20 Å². The summed E-state index contributed by atoms with van der Waals surface area (Å²) in [7, 11) is 0. The minimum absolute atomic E-state index is 0.0680. The van der Waals surface area contributed by atoms with Crippen molar-refractivity contribution in [2.24, 2.45) is 0 Å². The van der Waals surface area contributed by atoms with Gasteiger partial charge < -0.3 is 15.0 Å². The Kier molecular flexibility index (Phi) is 8.77. The fourth-order valence-electron chi connectivity index (χ4n) is 6.53. The van der Waals surface area contributed by atoms with Crippen LogP contribution in [-0.2, 0) is 13.0 Å². The number of hydrogen-bond acceptors (Lipinski definition) is 8. The van der Waals surface area contributed by atoms with Crippen molar-refractivity contribution in [2.45, 2.75) is 78.9 Å². The molecule has 1 fully saturated rings. The quantitative estimate of drug-likeness (QED) is 0.374. The Hall–Kier alpha value is -3.98. The highest BCUT2D eigenvalue weighted by Crippen LogP contribution is 2.41. The van der Waals surface area contributed by atoms with Gasteiger partial charge in [-0.25, -0.2) is 0 Å². The second-order valence-corrected chi connectivity index (χ2v) is 11.9. The van der Waals surface area contributed by atoms with Crippen LogP contribution in [0, 0.1) is 43.4 Å². The van der Waals surface area contributed by atoms with Gasteiger partial charge in [0, 0.05) is 56.6 Å². The minimum Gasteiger partial charge on any atom is -0.435 e. The van der Waals surface area contributed by atoms with Gasteiger partial charge in [-0.3, -0.25) is 9.88 Å². The Morgan fingerprint density at radius 2 is 1.81 bits per heavy atom. The summed E-state index contributed by atoms with van der Waals surface area (Å²) in [6.07, 6.45) is 3.03. The number of benzene rings is 1. The van der Waals surface area contributed by atoms with Crippen LogP contribution >= 0.6 is 0 Å². The van der Waals surface area contributed by atoms with Gasteiger partial charge in [-0.1, -0.05) is 32.0 Å². The first kappa shape index (κ1) is 29.5. The van der Waals surface area contributed by atoms with Crippen molar-refractivity contribution in [3.63, 3.8) is 0 Å². The first-order chi connectivity index (χ1) is 20.2. The van der Waals surface area contributed by atoms with E-state index in [9.17, 15) is 10.5 Å². The maximum absolute atomic E-state index is 10.6. The largest absolute Gasteiger partial charge is 0.435 e. The molecular formula is C34H41N7O. The van der Waals surface area contributed by atoms with Crippen LogP contribution in [0.25, 0.3) is 0 Å². The molecule has 8 nitrogen and oxygen atoms in total. The number of rotatable bonds is 7. The molecule has 0 aliphatic carbocycles. The lowest BCUT2D eigenvalue weighted by Gasteiger charge is -2.39. The number of fused-ring (bicyclic) bond motifs is 1. The molecule has 8 heteroatoms. The van der Waals surface area contributed by atoms with Crippen molar-refractivity contribution >= 4 is 5.82 Å². The zero-order valence-corrected chi connectivity index (χ0v) is 25.7. The summed E-state index contributed by atoms with van der Waals surface area (Å²) in [5.74, 6) is 2.02. The van der Waals surface area contributed by atoms with Crippen LogP contribution in [0.4, 0.5) is 5.82 Å². The zero-order chi connectivity index (χ0) is 30.0. The predicted molar refractivity (Wildman–Crippen MR) is 165 cm³/mol. The number of aryl methyl sites for hydroxylation is 3. The Bertz CT molecular complexity index is 1530. The van der Waals surface area contributed by atoms with Crippen molar-refractivity contribution in [3.05, 3.63) is 75.1 Å². The van der Waals surface area contributed by atoms with E-state index >= 15 is 0 Å². The number of hydrogen-bond donors (Lipinski definition) is 1. The van der Waals surface area contributed by atoms with Gasteiger partial charge in [0.1, 0.15) is 17.5 Å². The molecule has 2 aromatic heterocycles. The highest BCUT2D eigenvalue weighted by atomic mass is 16.5. The van der Waals surface area contributed by atoms with Gasteiger partial charge in [0.15, 0.2) is 5.75 Å². The number of pyridine rings is 2. The summed E-state index contributed by atoms with van der Waals surface area (Å²) in [4.78, 5) is 14.4. The molecule has 42 heavy (non-hydrogen) atoms. The van der Waals surface area contributed by atoms with Crippen molar-refractivity contribution in [3.8, 4) is 23.8 Å². The third-order valence-corrected chi connectivity index (χ3v) is 8.75. The van der Waals surface area contributed by atoms with E-state index in [0.29, 0.717) is 36.7 Å². The lowest BCUT2D eigenvalue weighted by molar-refractivity contribution is 0.190. The lowest BCUT2D eigenvalue weighted by atomic mass is 9.91. The van der Waals surface area contributed by atoms with E-state index in [4.69, 9.17) is 9.72 Å². The number of anilines is 1. The molecule has 0 spiro atoms. The van der Waals surface area contributed by atoms with E-state index < -0.39 is 0 Å². The summed E-state index contributed by atoms with van der Waals surface area (Å²) < 4.78 is 6.60. The van der Waals surface area contributed by atoms with E-state index in [2.05, 4.69) is 85.1 Å². The highest BCUT2D eigenvalue weighted by Gasteiger charge is 2.33. The van der Waals surface area contributed by atoms with E-state index in [1.165, 1.54) is 16.7 Å². The van der Waals surface area contributed by atoms with Gasteiger partial charge in [-0.2, -0.15) is 15.5 Å². The standard InChI is InChI=1S/C34H41N7O/c1-21(2)31-32(24(5)11-14-38-31)42-34-28(18-36)29-20-40(25(6)30-22(3)8-7-9-23(30)4)16-12-27(29)33(39-34)41-17-15-37-26(19-41)10-13-35/h7-9,11,14,21,25-26,37H,10,12,15-17,19-20H2,1-6H3/t25?,26-/m1/s1. The van der Waals surface area contributed by atoms with E-state index in [0.717, 1.165) is 54.3 Å². The highest BCUT2D eigenvalue weighted by molar-refractivity contribution is 5.62. The molecule has 0 saturated carbocycles. The molecule has 0 amide bonds. The predicted octanol–water partition coefficient (Wildman–Crippen LogP) is 6.00. The summed E-state index contributed by atoms with van der Waals surface area (Å²) in [6.45, 7) is 16.5. The molecule has 1 unspecified atom stereocenters. The zero-order valence-electron chi connectivity index (χ0n) is 25.7. The summed E-state index contributed by atoms with van der Waals surface area (Å²) in [5.41, 5.74) is 8.32. The molecule has 2 atom stereocenters. The third-order valence-electron chi connectivity index (χ3n) is 8.75. The van der Waals surface area contributed by atoms with Crippen LogP contribution in [0.15, 0.2) is 30.5 Å². The number of piperazine rings is 1. The van der Waals surface area contributed by atoms with Crippen LogP contribution in [0.2, 0.25) is 0 Å². The molecule has 0 radical (unpaired) electrons. The molecule has 2 aliphatic heterocycles. The van der Waals surface area contributed by atoms with Crippen LogP contribution in [0.3, 0.4) is 0 Å². The summed E-state index contributed by atoms with van der Waals surface area (Å²) in [5, 5.41) is 23.4. The minimum atomic E-state index is 0.0680. The number of nitrogens with zero attached hydrogens (tertiary/aromatic N) is 6. The molecule has 218 valence electrons. The average Bonchev–Trinajstić information content (AvgIpc) is 2.97. The first-order valence-electron chi connectivity index (χ1n) is 15.0. The normalized spacial score (nSPS) is 17.8. The Balaban J connectivity index is 1.62.